The van der Waals surface area contributed by atoms with Crippen LogP contribution in [-0.2, 0) is 16.6 Å². The van der Waals surface area contributed by atoms with Gasteiger partial charge >= 0.3 is 0 Å². The molecule has 1 saturated heterocycles. The van der Waals surface area contributed by atoms with Crippen molar-refractivity contribution in [1.82, 2.24) is 19.6 Å². The van der Waals surface area contributed by atoms with Crippen LogP contribution in [0.2, 0.25) is 0 Å². The number of morpholine rings is 1. The molecule has 2 atom stereocenters. The molecule has 1 aliphatic heterocycles. The lowest BCUT2D eigenvalue weighted by Crippen LogP contribution is -2.52. The minimum absolute atomic E-state index is 0.0102. The number of carbonyl (C=O) groups is 1. The van der Waals surface area contributed by atoms with Crippen molar-refractivity contribution in [1.29, 1.82) is 0 Å². The number of aromatic nitrogens is 2. The number of aryl methyl sites for hydroxylation is 2. The molecule has 1 aromatic carbocycles. The molecule has 146 valence electrons. The van der Waals surface area contributed by atoms with E-state index < -0.39 is 0 Å². The standard InChI is InChI=1S/C20H28N4O3/c1-15-7-5-6-8-17(15)27-14-19(25)24-9-10-26-18(13-22(2)3)20(24)16-11-21-23(4)12-16/h5-8,11-12,18,20H,9-10,13-14H2,1-4H3/t18-,20-/m0/s1. The summed E-state index contributed by atoms with van der Waals surface area (Å²) in [7, 11) is 5.89. The Morgan fingerprint density at radius 3 is 2.81 bits per heavy atom. The molecular formula is C20H28N4O3. The van der Waals surface area contributed by atoms with Crippen molar-refractivity contribution in [3.8, 4) is 5.75 Å². The highest BCUT2D eigenvalue weighted by Gasteiger charge is 2.37. The zero-order valence-corrected chi connectivity index (χ0v) is 16.5. The molecule has 7 nitrogen and oxygen atoms in total. The van der Waals surface area contributed by atoms with Crippen molar-refractivity contribution in [2.24, 2.45) is 7.05 Å². The number of hydrogen-bond donors (Lipinski definition) is 0. The summed E-state index contributed by atoms with van der Waals surface area (Å²) in [6, 6.07) is 7.54. The first kappa shape index (κ1) is 19.4. The van der Waals surface area contributed by atoms with Gasteiger partial charge in [0.25, 0.3) is 5.91 Å². The average Bonchev–Trinajstić information content (AvgIpc) is 3.06. The van der Waals surface area contributed by atoms with Gasteiger partial charge in [-0.2, -0.15) is 5.10 Å². The SMILES string of the molecule is Cc1ccccc1OCC(=O)N1CCO[C@@H](CN(C)C)[C@@H]1c1cnn(C)c1. The summed E-state index contributed by atoms with van der Waals surface area (Å²) in [5.41, 5.74) is 2.00. The van der Waals surface area contributed by atoms with Crippen molar-refractivity contribution >= 4 is 5.91 Å². The predicted octanol–water partition coefficient (Wildman–Crippen LogP) is 1.64. The maximum atomic E-state index is 13.0. The normalized spacial score (nSPS) is 20.1. The molecule has 2 aromatic rings. The van der Waals surface area contributed by atoms with Crippen molar-refractivity contribution < 1.29 is 14.3 Å². The van der Waals surface area contributed by atoms with Crippen LogP contribution in [0, 0.1) is 6.92 Å². The van der Waals surface area contributed by atoms with E-state index in [4.69, 9.17) is 9.47 Å². The van der Waals surface area contributed by atoms with Gasteiger partial charge in [0.05, 0.1) is 24.9 Å². The molecule has 1 fully saturated rings. The van der Waals surface area contributed by atoms with Crippen LogP contribution >= 0.6 is 0 Å². The molecule has 0 radical (unpaired) electrons. The number of para-hydroxylation sites is 1. The Bertz CT molecular complexity index is 774. The van der Waals surface area contributed by atoms with E-state index in [-0.39, 0.29) is 24.7 Å². The van der Waals surface area contributed by atoms with Gasteiger partial charge in [-0.1, -0.05) is 18.2 Å². The molecule has 0 spiro atoms. The Labute approximate surface area is 160 Å². The van der Waals surface area contributed by atoms with Crippen LogP contribution in [-0.4, -0.2) is 72.0 Å². The quantitative estimate of drug-likeness (QED) is 0.772. The van der Waals surface area contributed by atoms with Crippen LogP contribution in [0.5, 0.6) is 5.75 Å². The smallest absolute Gasteiger partial charge is 0.261 e. The van der Waals surface area contributed by atoms with Gasteiger partial charge in [-0.3, -0.25) is 9.48 Å². The number of amides is 1. The Morgan fingerprint density at radius 2 is 2.15 bits per heavy atom. The van der Waals surface area contributed by atoms with E-state index in [1.165, 1.54) is 0 Å². The van der Waals surface area contributed by atoms with Gasteiger partial charge in [0.1, 0.15) is 5.75 Å². The van der Waals surface area contributed by atoms with E-state index in [1.807, 2.05) is 69.6 Å². The summed E-state index contributed by atoms with van der Waals surface area (Å²) in [5, 5.41) is 4.28. The molecule has 7 heteroatoms. The minimum atomic E-state index is -0.178. The largest absolute Gasteiger partial charge is 0.484 e. The van der Waals surface area contributed by atoms with Crippen LogP contribution < -0.4 is 4.74 Å². The lowest BCUT2D eigenvalue weighted by atomic mass is 10.0. The number of carbonyl (C=O) groups excluding carboxylic acids is 1. The molecule has 3 rings (SSSR count). The molecule has 0 aliphatic carbocycles. The lowest BCUT2D eigenvalue weighted by molar-refractivity contribution is -0.150. The van der Waals surface area contributed by atoms with Crippen molar-refractivity contribution in [2.45, 2.75) is 19.1 Å². The average molecular weight is 372 g/mol. The monoisotopic (exact) mass is 372 g/mol. The summed E-state index contributed by atoms with van der Waals surface area (Å²) >= 11 is 0. The van der Waals surface area contributed by atoms with Gasteiger partial charge < -0.3 is 19.3 Å². The highest BCUT2D eigenvalue weighted by Crippen LogP contribution is 2.30. The van der Waals surface area contributed by atoms with Gasteiger partial charge in [0.15, 0.2) is 6.61 Å². The van der Waals surface area contributed by atoms with Gasteiger partial charge in [-0.25, -0.2) is 0 Å². The number of ether oxygens (including phenoxy) is 2. The number of rotatable bonds is 6. The van der Waals surface area contributed by atoms with Crippen LogP contribution in [0.25, 0.3) is 0 Å². The second-order valence-corrected chi connectivity index (χ2v) is 7.20. The summed E-state index contributed by atoms with van der Waals surface area (Å²) < 4.78 is 13.6. The van der Waals surface area contributed by atoms with Crippen molar-refractivity contribution in [2.75, 3.05) is 40.4 Å². The topological polar surface area (TPSA) is 59.8 Å². The Hall–Kier alpha value is -2.38. The Morgan fingerprint density at radius 1 is 1.37 bits per heavy atom. The zero-order chi connectivity index (χ0) is 19.4. The first-order chi connectivity index (χ1) is 13.0. The van der Waals surface area contributed by atoms with Gasteiger partial charge in [0, 0.05) is 31.9 Å². The van der Waals surface area contributed by atoms with Gasteiger partial charge in [-0.05, 0) is 32.6 Å². The van der Waals surface area contributed by atoms with E-state index in [0.717, 1.165) is 23.4 Å². The molecule has 0 saturated carbocycles. The second kappa shape index (κ2) is 8.54. The van der Waals surface area contributed by atoms with Crippen LogP contribution in [0.3, 0.4) is 0 Å². The van der Waals surface area contributed by atoms with Crippen LogP contribution in [0.15, 0.2) is 36.7 Å². The lowest BCUT2D eigenvalue weighted by Gasteiger charge is -2.41. The number of benzene rings is 1. The summed E-state index contributed by atoms with van der Waals surface area (Å²) in [5.74, 6) is 0.695. The Balaban J connectivity index is 1.77. The van der Waals surface area contributed by atoms with E-state index in [2.05, 4.69) is 10.00 Å². The second-order valence-electron chi connectivity index (χ2n) is 7.20. The highest BCUT2D eigenvalue weighted by molar-refractivity contribution is 5.78. The number of likely N-dealkylation sites (N-methyl/N-ethyl adjacent to an activating group) is 1. The molecule has 0 N–H and O–H groups in total. The third kappa shape index (κ3) is 4.67. The fourth-order valence-electron chi connectivity index (χ4n) is 3.45. The number of nitrogens with zero attached hydrogens (tertiary/aromatic N) is 4. The van der Waals surface area contributed by atoms with E-state index in [1.54, 1.807) is 4.68 Å². The first-order valence-corrected chi connectivity index (χ1v) is 9.18. The zero-order valence-electron chi connectivity index (χ0n) is 16.5. The van der Waals surface area contributed by atoms with Crippen LogP contribution in [0.4, 0.5) is 0 Å². The van der Waals surface area contributed by atoms with E-state index in [0.29, 0.717) is 13.2 Å². The maximum absolute atomic E-state index is 13.0. The molecule has 2 heterocycles. The number of hydrogen-bond acceptors (Lipinski definition) is 5. The maximum Gasteiger partial charge on any atom is 0.261 e. The fourth-order valence-corrected chi connectivity index (χ4v) is 3.45. The fraction of sp³-hybridized carbons (Fsp3) is 0.500. The molecular weight excluding hydrogens is 344 g/mol. The van der Waals surface area contributed by atoms with Crippen LogP contribution in [0.1, 0.15) is 17.2 Å². The summed E-state index contributed by atoms with van der Waals surface area (Å²) in [6.45, 7) is 3.77. The van der Waals surface area contributed by atoms with E-state index in [9.17, 15) is 4.79 Å². The third-order valence-corrected chi connectivity index (χ3v) is 4.73. The summed E-state index contributed by atoms with van der Waals surface area (Å²) in [6.07, 6.45) is 3.65. The summed E-state index contributed by atoms with van der Waals surface area (Å²) in [4.78, 5) is 17.0. The third-order valence-electron chi connectivity index (χ3n) is 4.73. The highest BCUT2D eigenvalue weighted by atomic mass is 16.5. The molecule has 27 heavy (non-hydrogen) atoms. The molecule has 1 aliphatic rings. The van der Waals surface area contributed by atoms with Gasteiger partial charge in [-0.15, -0.1) is 0 Å². The molecule has 0 unspecified atom stereocenters. The minimum Gasteiger partial charge on any atom is -0.484 e. The molecule has 1 amide bonds. The van der Waals surface area contributed by atoms with Crippen molar-refractivity contribution in [3.63, 3.8) is 0 Å². The molecule has 0 bridgehead atoms. The first-order valence-electron chi connectivity index (χ1n) is 9.18. The van der Waals surface area contributed by atoms with Gasteiger partial charge in [0.2, 0.25) is 0 Å². The van der Waals surface area contributed by atoms with E-state index >= 15 is 0 Å². The van der Waals surface area contributed by atoms with Crippen molar-refractivity contribution in [3.05, 3.63) is 47.8 Å². The predicted molar refractivity (Wildman–Crippen MR) is 103 cm³/mol. The molecule has 1 aromatic heterocycles. The Kier molecular flexibility index (Phi) is 6.13.